The average Bonchev–Trinajstić information content (AvgIpc) is 2.44. The molecule has 0 aliphatic heterocycles. The van der Waals surface area contributed by atoms with Crippen molar-refractivity contribution in [3.8, 4) is 0 Å². The number of aliphatic carboxylic acids is 1. The highest BCUT2D eigenvalue weighted by Gasteiger charge is 2.49. The Hall–Kier alpha value is -1.06. The van der Waals surface area contributed by atoms with Crippen molar-refractivity contribution in [3.05, 3.63) is 0 Å². The van der Waals surface area contributed by atoms with Crippen molar-refractivity contribution >= 4 is 11.9 Å². The van der Waals surface area contributed by atoms with Crippen molar-refractivity contribution in [1.82, 2.24) is 0 Å². The molecule has 22 heavy (non-hydrogen) atoms. The SMILES string of the molecule is CCCCOC(=O)C(CCCC)(CC(C)C)C(CC)C(=O)O. The van der Waals surface area contributed by atoms with Crippen LogP contribution in [0.25, 0.3) is 0 Å². The van der Waals surface area contributed by atoms with E-state index in [4.69, 9.17) is 4.74 Å². The van der Waals surface area contributed by atoms with Crippen molar-refractivity contribution in [2.24, 2.45) is 17.3 Å². The van der Waals surface area contributed by atoms with Gasteiger partial charge in [-0.3, -0.25) is 9.59 Å². The highest BCUT2D eigenvalue weighted by Crippen LogP contribution is 2.43. The van der Waals surface area contributed by atoms with Gasteiger partial charge in [-0.1, -0.05) is 53.9 Å². The lowest BCUT2D eigenvalue weighted by Crippen LogP contribution is -2.44. The molecule has 0 radical (unpaired) electrons. The number of hydrogen-bond donors (Lipinski definition) is 1. The van der Waals surface area contributed by atoms with Crippen LogP contribution in [0.3, 0.4) is 0 Å². The summed E-state index contributed by atoms with van der Waals surface area (Å²) < 4.78 is 5.48. The minimum atomic E-state index is -0.890. The van der Waals surface area contributed by atoms with Crippen LogP contribution in [0, 0.1) is 17.3 Å². The van der Waals surface area contributed by atoms with Gasteiger partial charge in [0.15, 0.2) is 0 Å². The van der Waals surface area contributed by atoms with Crippen LogP contribution in [0.1, 0.15) is 79.6 Å². The first kappa shape index (κ1) is 20.9. The Bertz CT molecular complexity index is 338. The third kappa shape index (κ3) is 5.98. The molecule has 0 aromatic carbocycles. The van der Waals surface area contributed by atoms with Crippen LogP contribution in [-0.2, 0) is 14.3 Å². The summed E-state index contributed by atoms with van der Waals surface area (Å²) in [4.78, 5) is 24.5. The fourth-order valence-electron chi connectivity index (χ4n) is 3.22. The topological polar surface area (TPSA) is 63.6 Å². The van der Waals surface area contributed by atoms with E-state index in [1.165, 1.54) is 0 Å². The van der Waals surface area contributed by atoms with Crippen LogP contribution in [-0.4, -0.2) is 23.7 Å². The minimum absolute atomic E-state index is 0.254. The first-order valence-electron chi connectivity index (χ1n) is 8.75. The standard InChI is InChI=1S/C18H34O4/c1-6-9-11-18(13-14(4)5,15(8-3)16(19)20)17(21)22-12-10-7-2/h14-15H,6-13H2,1-5H3,(H,19,20). The molecule has 4 heteroatoms. The number of ether oxygens (including phenoxy) is 1. The normalized spacial score (nSPS) is 15.4. The summed E-state index contributed by atoms with van der Waals surface area (Å²) in [5.74, 6) is -1.61. The maximum absolute atomic E-state index is 12.8. The monoisotopic (exact) mass is 314 g/mol. The van der Waals surface area contributed by atoms with Gasteiger partial charge in [0.25, 0.3) is 0 Å². The second kappa shape index (κ2) is 10.6. The van der Waals surface area contributed by atoms with Gasteiger partial charge in [-0.2, -0.15) is 0 Å². The summed E-state index contributed by atoms with van der Waals surface area (Å²) in [7, 11) is 0. The molecule has 4 nitrogen and oxygen atoms in total. The summed E-state index contributed by atoms with van der Waals surface area (Å²) >= 11 is 0. The van der Waals surface area contributed by atoms with Gasteiger partial charge in [-0.15, -0.1) is 0 Å². The lowest BCUT2D eigenvalue weighted by atomic mass is 9.66. The molecule has 1 N–H and O–H groups in total. The number of rotatable bonds is 12. The first-order chi connectivity index (χ1) is 10.4. The Morgan fingerprint density at radius 3 is 2.09 bits per heavy atom. The van der Waals surface area contributed by atoms with Gasteiger partial charge < -0.3 is 9.84 Å². The molecule has 2 unspecified atom stereocenters. The molecule has 0 aromatic rings. The molecular formula is C18H34O4. The number of hydrogen-bond acceptors (Lipinski definition) is 3. The minimum Gasteiger partial charge on any atom is -0.481 e. The van der Waals surface area contributed by atoms with Gasteiger partial charge >= 0.3 is 11.9 Å². The molecule has 0 saturated carbocycles. The van der Waals surface area contributed by atoms with E-state index in [0.717, 1.165) is 25.7 Å². The van der Waals surface area contributed by atoms with E-state index in [1.54, 1.807) is 0 Å². The molecule has 0 fully saturated rings. The molecule has 0 aliphatic rings. The van der Waals surface area contributed by atoms with Gasteiger partial charge in [0.2, 0.25) is 0 Å². The highest BCUT2D eigenvalue weighted by atomic mass is 16.5. The molecule has 0 aromatic heterocycles. The summed E-state index contributed by atoms with van der Waals surface area (Å²) in [5, 5.41) is 9.63. The molecular weight excluding hydrogens is 280 g/mol. The van der Waals surface area contributed by atoms with Crippen molar-refractivity contribution < 1.29 is 19.4 Å². The van der Waals surface area contributed by atoms with E-state index in [-0.39, 0.29) is 11.9 Å². The molecule has 130 valence electrons. The highest BCUT2D eigenvalue weighted by molar-refractivity contribution is 5.84. The Morgan fingerprint density at radius 1 is 1.09 bits per heavy atom. The second-order valence-corrected chi connectivity index (χ2v) is 6.65. The van der Waals surface area contributed by atoms with Crippen LogP contribution in [0.15, 0.2) is 0 Å². The zero-order chi connectivity index (χ0) is 17.2. The summed E-state index contributed by atoms with van der Waals surface area (Å²) in [6.45, 7) is 10.4. The van der Waals surface area contributed by atoms with Crippen molar-refractivity contribution in [2.45, 2.75) is 79.6 Å². The summed E-state index contributed by atoms with van der Waals surface area (Å²) in [5.41, 5.74) is -0.890. The van der Waals surface area contributed by atoms with E-state index < -0.39 is 17.3 Å². The predicted molar refractivity (Wildman–Crippen MR) is 88.7 cm³/mol. The van der Waals surface area contributed by atoms with Crippen LogP contribution < -0.4 is 0 Å². The first-order valence-corrected chi connectivity index (χ1v) is 8.75. The summed E-state index contributed by atoms with van der Waals surface area (Å²) in [6.07, 6.45) is 5.18. The number of carbonyl (C=O) groups excluding carboxylic acids is 1. The van der Waals surface area contributed by atoms with Gasteiger partial charge in [0.05, 0.1) is 17.9 Å². The van der Waals surface area contributed by atoms with Crippen LogP contribution in [0.5, 0.6) is 0 Å². The third-order valence-corrected chi connectivity index (χ3v) is 4.26. The molecule has 0 rings (SSSR count). The number of unbranched alkanes of at least 4 members (excludes halogenated alkanes) is 2. The molecule has 0 heterocycles. The second-order valence-electron chi connectivity index (χ2n) is 6.65. The number of carboxylic acid groups (broad SMARTS) is 1. The number of carboxylic acids is 1. The summed E-state index contributed by atoms with van der Waals surface area (Å²) in [6, 6.07) is 0. The van der Waals surface area contributed by atoms with Gasteiger partial charge in [0, 0.05) is 0 Å². The van der Waals surface area contributed by atoms with E-state index in [1.807, 2.05) is 27.7 Å². The van der Waals surface area contributed by atoms with Crippen molar-refractivity contribution in [3.63, 3.8) is 0 Å². The smallest absolute Gasteiger partial charge is 0.312 e. The van der Waals surface area contributed by atoms with E-state index in [0.29, 0.717) is 25.9 Å². The zero-order valence-electron chi connectivity index (χ0n) is 15.0. The Kier molecular flexibility index (Phi) is 10.1. The van der Waals surface area contributed by atoms with Crippen molar-refractivity contribution in [2.75, 3.05) is 6.61 Å². The Morgan fingerprint density at radius 2 is 1.68 bits per heavy atom. The maximum atomic E-state index is 12.8. The van der Waals surface area contributed by atoms with Gasteiger partial charge in [-0.25, -0.2) is 0 Å². The maximum Gasteiger partial charge on any atom is 0.312 e. The fourth-order valence-corrected chi connectivity index (χ4v) is 3.22. The molecule has 0 bridgehead atoms. The predicted octanol–water partition coefficient (Wildman–Crippen LogP) is 4.66. The van der Waals surface area contributed by atoms with Crippen LogP contribution >= 0.6 is 0 Å². The van der Waals surface area contributed by atoms with E-state index in [2.05, 4.69) is 6.92 Å². The third-order valence-electron chi connectivity index (χ3n) is 4.26. The molecule has 0 aliphatic carbocycles. The van der Waals surface area contributed by atoms with Crippen molar-refractivity contribution in [1.29, 1.82) is 0 Å². The Labute approximate surface area is 135 Å². The lowest BCUT2D eigenvalue weighted by molar-refractivity contribution is -0.170. The number of carbonyl (C=O) groups is 2. The zero-order valence-corrected chi connectivity index (χ0v) is 15.0. The Balaban J connectivity index is 5.51. The lowest BCUT2D eigenvalue weighted by Gasteiger charge is -2.37. The molecule has 0 spiro atoms. The fraction of sp³-hybridized carbons (Fsp3) is 0.889. The number of esters is 1. The largest absolute Gasteiger partial charge is 0.481 e. The molecule has 2 atom stereocenters. The van der Waals surface area contributed by atoms with Crippen LogP contribution in [0.2, 0.25) is 0 Å². The van der Waals surface area contributed by atoms with E-state index >= 15 is 0 Å². The molecule has 0 saturated heterocycles. The van der Waals surface area contributed by atoms with Gasteiger partial charge in [-0.05, 0) is 31.6 Å². The quantitative estimate of drug-likeness (QED) is 0.420. The van der Waals surface area contributed by atoms with E-state index in [9.17, 15) is 14.7 Å². The van der Waals surface area contributed by atoms with Gasteiger partial charge in [0.1, 0.15) is 0 Å². The average molecular weight is 314 g/mol. The molecule has 0 amide bonds. The van der Waals surface area contributed by atoms with Crippen LogP contribution in [0.4, 0.5) is 0 Å².